The van der Waals surface area contributed by atoms with Gasteiger partial charge < -0.3 is 5.32 Å². The Bertz CT molecular complexity index is 441. The van der Waals surface area contributed by atoms with Crippen molar-refractivity contribution in [3.63, 3.8) is 0 Å². The van der Waals surface area contributed by atoms with E-state index in [1.54, 1.807) is 12.1 Å². The Hall–Kier alpha value is -0.890. The number of rotatable bonds is 6. The van der Waals surface area contributed by atoms with E-state index in [9.17, 15) is 4.39 Å². The lowest BCUT2D eigenvalue weighted by Crippen LogP contribution is -2.35. The van der Waals surface area contributed by atoms with Gasteiger partial charge in [-0.1, -0.05) is 32.8 Å². The summed E-state index contributed by atoms with van der Waals surface area (Å²) in [6.45, 7) is 7.66. The van der Waals surface area contributed by atoms with E-state index in [0.29, 0.717) is 6.04 Å². The minimum absolute atomic E-state index is 0.131. The van der Waals surface area contributed by atoms with Gasteiger partial charge in [0, 0.05) is 6.04 Å². The largest absolute Gasteiger partial charge is 0.314 e. The highest BCUT2D eigenvalue weighted by atomic mass is 19.1. The molecule has 0 heterocycles. The normalized spacial score (nSPS) is 22.7. The maximum Gasteiger partial charge on any atom is 0.123 e. The Balaban J connectivity index is 1.75. The fourth-order valence-electron chi connectivity index (χ4n) is 3.71. The van der Waals surface area contributed by atoms with Crippen molar-refractivity contribution in [1.82, 2.24) is 5.32 Å². The van der Waals surface area contributed by atoms with Crippen LogP contribution in [-0.4, -0.2) is 12.6 Å². The lowest BCUT2D eigenvalue weighted by molar-refractivity contribution is 0.253. The summed E-state index contributed by atoms with van der Waals surface area (Å²) in [7, 11) is 0. The summed E-state index contributed by atoms with van der Waals surface area (Å²) in [5.41, 5.74) is 2.33. The van der Waals surface area contributed by atoms with E-state index in [-0.39, 0.29) is 5.82 Å². The zero-order valence-corrected chi connectivity index (χ0v) is 13.8. The third-order valence-electron chi connectivity index (χ3n) is 4.72. The van der Waals surface area contributed by atoms with Crippen LogP contribution in [0.3, 0.4) is 0 Å². The van der Waals surface area contributed by atoms with Gasteiger partial charge in [-0.05, 0) is 74.2 Å². The summed E-state index contributed by atoms with van der Waals surface area (Å²) in [6, 6.07) is 5.81. The van der Waals surface area contributed by atoms with Crippen LogP contribution in [0.15, 0.2) is 18.2 Å². The van der Waals surface area contributed by atoms with E-state index in [0.717, 1.165) is 30.4 Å². The summed E-state index contributed by atoms with van der Waals surface area (Å²) in [6.07, 6.45) is 7.79. The zero-order valence-electron chi connectivity index (χ0n) is 13.8. The van der Waals surface area contributed by atoms with E-state index < -0.39 is 0 Å². The summed E-state index contributed by atoms with van der Waals surface area (Å²) < 4.78 is 13.1. The molecule has 1 aromatic rings. The molecule has 0 aromatic heterocycles. The van der Waals surface area contributed by atoms with Gasteiger partial charge >= 0.3 is 0 Å². The zero-order chi connectivity index (χ0) is 15.2. The second-order valence-electron chi connectivity index (χ2n) is 7.13. The van der Waals surface area contributed by atoms with Crippen molar-refractivity contribution in [2.24, 2.45) is 11.8 Å². The Labute approximate surface area is 129 Å². The first-order chi connectivity index (χ1) is 10.0. The van der Waals surface area contributed by atoms with Gasteiger partial charge in [0.25, 0.3) is 0 Å². The van der Waals surface area contributed by atoms with Gasteiger partial charge in [-0.2, -0.15) is 0 Å². The average Bonchev–Trinajstić information content (AvgIpc) is 2.41. The van der Waals surface area contributed by atoms with Gasteiger partial charge in [-0.15, -0.1) is 0 Å². The van der Waals surface area contributed by atoms with Crippen molar-refractivity contribution < 1.29 is 4.39 Å². The van der Waals surface area contributed by atoms with Gasteiger partial charge in [-0.25, -0.2) is 4.39 Å². The van der Waals surface area contributed by atoms with Gasteiger partial charge in [0.1, 0.15) is 5.82 Å². The Morgan fingerprint density at radius 2 is 2.10 bits per heavy atom. The van der Waals surface area contributed by atoms with Crippen LogP contribution >= 0.6 is 0 Å². The maximum absolute atomic E-state index is 13.1. The number of aryl methyl sites for hydroxylation is 1. The lowest BCUT2D eigenvalue weighted by atomic mass is 9.81. The first-order valence-corrected chi connectivity index (χ1v) is 8.53. The molecule has 1 aliphatic rings. The fourth-order valence-corrected chi connectivity index (χ4v) is 3.71. The molecular formula is C19H30FN. The highest BCUT2D eigenvalue weighted by Gasteiger charge is 2.22. The van der Waals surface area contributed by atoms with Crippen molar-refractivity contribution in [2.45, 2.75) is 65.3 Å². The van der Waals surface area contributed by atoms with Gasteiger partial charge in [0.15, 0.2) is 0 Å². The minimum atomic E-state index is -0.131. The third kappa shape index (κ3) is 5.43. The predicted octanol–water partition coefficient (Wildman–Crippen LogP) is 4.87. The molecule has 1 fully saturated rings. The molecular weight excluding hydrogens is 261 g/mol. The lowest BCUT2D eigenvalue weighted by Gasteiger charge is -2.31. The first kappa shape index (κ1) is 16.5. The number of benzene rings is 1. The molecule has 2 atom stereocenters. The Morgan fingerprint density at radius 3 is 2.81 bits per heavy atom. The van der Waals surface area contributed by atoms with E-state index in [1.807, 2.05) is 13.0 Å². The third-order valence-corrected chi connectivity index (χ3v) is 4.72. The van der Waals surface area contributed by atoms with Crippen LogP contribution in [-0.2, 0) is 6.42 Å². The van der Waals surface area contributed by atoms with E-state index in [2.05, 4.69) is 19.2 Å². The van der Waals surface area contributed by atoms with Crippen molar-refractivity contribution >= 4 is 0 Å². The molecule has 0 radical (unpaired) electrons. The molecule has 2 heteroatoms. The molecule has 118 valence electrons. The van der Waals surface area contributed by atoms with Crippen LogP contribution in [0.5, 0.6) is 0 Å². The molecule has 1 nitrogen and oxygen atoms in total. The van der Waals surface area contributed by atoms with Crippen LogP contribution in [0.4, 0.5) is 4.39 Å². The van der Waals surface area contributed by atoms with E-state index in [4.69, 9.17) is 0 Å². The molecule has 0 spiro atoms. The molecule has 1 N–H and O–H groups in total. The first-order valence-electron chi connectivity index (χ1n) is 8.53. The van der Waals surface area contributed by atoms with Gasteiger partial charge in [0.2, 0.25) is 0 Å². The average molecular weight is 291 g/mol. The van der Waals surface area contributed by atoms with E-state index >= 15 is 0 Å². The topological polar surface area (TPSA) is 12.0 Å². The fraction of sp³-hybridized carbons (Fsp3) is 0.684. The second-order valence-corrected chi connectivity index (χ2v) is 7.13. The van der Waals surface area contributed by atoms with Gasteiger partial charge in [0.05, 0.1) is 0 Å². The summed E-state index contributed by atoms with van der Waals surface area (Å²) >= 11 is 0. The predicted molar refractivity (Wildman–Crippen MR) is 88.0 cm³/mol. The SMILES string of the molecule is Cc1cc(F)ccc1CCNC1CCCC(CC(C)C)C1. The summed E-state index contributed by atoms with van der Waals surface area (Å²) in [5, 5.41) is 3.72. The Kier molecular flexibility index (Phi) is 6.22. The molecule has 1 saturated carbocycles. The molecule has 0 saturated heterocycles. The van der Waals surface area contributed by atoms with Crippen molar-refractivity contribution in [3.05, 3.63) is 35.1 Å². The van der Waals surface area contributed by atoms with Crippen molar-refractivity contribution in [2.75, 3.05) is 6.54 Å². The van der Waals surface area contributed by atoms with Crippen molar-refractivity contribution in [1.29, 1.82) is 0 Å². The Morgan fingerprint density at radius 1 is 1.29 bits per heavy atom. The van der Waals surface area contributed by atoms with Crippen LogP contribution in [0.25, 0.3) is 0 Å². The molecule has 2 rings (SSSR count). The number of halogens is 1. The number of hydrogen-bond acceptors (Lipinski definition) is 1. The molecule has 1 aliphatic carbocycles. The molecule has 1 aromatic carbocycles. The van der Waals surface area contributed by atoms with Crippen LogP contribution in [0.1, 0.15) is 57.1 Å². The smallest absolute Gasteiger partial charge is 0.123 e. The maximum atomic E-state index is 13.1. The molecule has 2 unspecified atom stereocenters. The number of hydrogen-bond donors (Lipinski definition) is 1. The van der Waals surface area contributed by atoms with Crippen LogP contribution < -0.4 is 5.32 Å². The highest BCUT2D eigenvalue weighted by molar-refractivity contribution is 5.26. The molecule has 0 amide bonds. The minimum Gasteiger partial charge on any atom is -0.314 e. The quantitative estimate of drug-likeness (QED) is 0.788. The standard InChI is InChI=1S/C19H30FN/c1-14(2)11-16-5-4-6-19(13-16)21-10-9-17-7-8-18(20)12-15(17)3/h7-8,12,14,16,19,21H,4-6,9-11,13H2,1-3H3. The molecule has 0 aliphatic heterocycles. The molecule has 21 heavy (non-hydrogen) atoms. The molecule has 0 bridgehead atoms. The van der Waals surface area contributed by atoms with Crippen LogP contribution in [0, 0.1) is 24.6 Å². The second kappa shape index (κ2) is 7.93. The van der Waals surface area contributed by atoms with Crippen molar-refractivity contribution in [3.8, 4) is 0 Å². The van der Waals surface area contributed by atoms with Gasteiger partial charge in [-0.3, -0.25) is 0 Å². The van der Waals surface area contributed by atoms with E-state index in [1.165, 1.54) is 37.7 Å². The summed E-state index contributed by atoms with van der Waals surface area (Å²) in [4.78, 5) is 0. The summed E-state index contributed by atoms with van der Waals surface area (Å²) in [5.74, 6) is 1.59. The number of nitrogens with one attached hydrogen (secondary N) is 1. The van der Waals surface area contributed by atoms with Crippen LogP contribution in [0.2, 0.25) is 0 Å². The monoisotopic (exact) mass is 291 g/mol. The highest BCUT2D eigenvalue weighted by Crippen LogP contribution is 2.29.